The Labute approximate surface area is 117 Å². The molecule has 106 valence electrons. The number of nitrogens with one attached hydrogen (secondary N) is 1. The van der Waals surface area contributed by atoms with Gasteiger partial charge in [0.25, 0.3) is 0 Å². The molecule has 1 aliphatic rings. The van der Waals surface area contributed by atoms with Crippen molar-refractivity contribution in [2.45, 2.75) is 32.9 Å². The number of para-hydroxylation sites is 1. The topological polar surface area (TPSA) is 18.5 Å². The third-order valence-electron chi connectivity index (χ3n) is 4.28. The molecule has 0 amide bonds. The highest BCUT2D eigenvalue weighted by Crippen LogP contribution is 2.29. The number of benzene rings is 1. The van der Waals surface area contributed by atoms with Crippen LogP contribution in [0.1, 0.15) is 18.1 Å². The first-order chi connectivity index (χ1) is 9.04. The Balaban J connectivity index is 2.27. The van der Waals surface area contributed by atoms with E-state index in [1.165, 1.54) is 16.8 Å². The molecule has 0 bridgehead atoms. The molecule has 0 aromatic heterocycles. The largest absolute Gasteiger partial charge is 0.365 e. The number of anilines is 1. The van der Waals surface area contributed by atoms with Gasteiger partial charge < -0.3 is 10.2 Å². The van der Waals surface area contributed by atoms with Crippen LogP contribution < -0.4 is 10.2 Å². The molecule has 0 radical (unpaired) electrons. The van der Waals surface area contributed by atoms with E-state index >= 15 is 0 Å². The summed E-state index contributed by atoms with van der Waals surface area (Å²) in [5.41, 5.74) is 4.21. The van der Waals surface area contributed by atoms with Crippen molar-refractivity contribution in [1.82, 2.24) is 10.2 Å². The van der Waals surface area contributed by atoms with Crippen molar-refractivity contribution >= 4 is 5.69 Å². The fourth-order valence-electron chi connectivity index (χ4n) is 3.24. The van der Waals surface area contributed by atoms with Crippen LogP contribution in [0.5, 0.6) is 0 Å². The van der Waals surface area contributed by atoms with Crippen LogP contribution in [0.2, 0.25) is 0 Å². The highest BCUT2D eigenvalue weighted by atomic mass is 15.3. The molecule has 19 heavy (non-hydrogen) atoms. The van der Waals surface area contributed by atoms with Crippen LogP contribution in [0.4, 0.5) is 5.69 Å². The Hall–Kier alpha value is -1.06. The van der Waals surface area contributed by atoms with Gasteiger partial charge in [-0.1, -0.05) is 18.2 Å². The van der Waals surface area contributed by atoms with Gasteiger partial charge in [-0.25, -0.2) is 0 Å². The fraction of sp³-hybridized carbons (Fsp3) is 0.625. The summed E-state index contributed by atoms with van der Waals surface area (Å²) in [6, 6.07) is 7.75. The van der Waals surface area contributed by atoms with E-state index in [9.17, 15) is 0 Å². The lowest BCUT2D eigenvalue weighted by Gasteiger charge is -2.46. The number of rotatable bonds is 3. The van der Waals surface area contributed by atoms with Crippen molar-refractivity contribution in [3.05, 3.63) is 29.3 Å². The van der Waals surface area contributed by atoms with Crippen LogP contribution in [0.25, 0.3) is 0 Å². The highest BCUT2D eigenvalue weighted by molar-refractivity contribution is 5.60. The predicted octanol–water partition coefficient (Wildman–Crippen LogP) is 2.03. The maximum atomic E-state index is 3.32. The molecule has 1 aromatic carbocycles. The number of hydrogen-bond donors (Lipinski definition) is 1. The van der Waals surface area contributed by atoms with Crippen LogP contribution in [-0.4, -0.2) is 50.7 Å². The SMILES string of the molecule is CNCC1CN(c2c(C)cccc2C)C(C)CN1C. The van der Waals surface area contributed by atoms with Crippen LogP contribution >= 0.6 is 0 Å². The van der Waals surface area contributed by atoms with Gasteiger partial charge in [-0.3, -0.25) is 4.90 Å². The summed E-state index contributed by atoms with van der Waals surface area (Å²) in [6.45, 7) is 10.0. The third kappa shape index (κ3) is 2.93. The lowest BCUT2D eigenvalue weighted by atomic mass is 10.0. The van der Waals surface area contributed by atoms with Gasteiger partial charge in [0.15, 0.2) is 0 Å². The third-order valence-corrected chi connectivity index (χ3v) is 4.28. The van der Waals surface area contributed by atoms with Crippen LogP contribution in [-0.2, 0) is 0 Å². The zero-order valence-corrected chi connectivity index (χ0v) is 12.9. The standard InChI is InChI=1S/C16H27N3/c1-12-7-6-8-13(2)16(12)19-11-15(9-17-4)18(5)10-14(19)3/h6-8,14-15,17H,9-11H2,1-5H3. The van der Waals surface area contributed by atoms with E-state index in [2.05, 4.69) is 61.1 Å². The summed E-state index contributed by atoms with van der Waals surface area (Å²) in [5.74, 6) is 0. The Morgan fingerprint density at radius 3 is 2.42 bits per heavy atom. The first-order valence-electron chi connectivity index (χ1n) is 7.22. The molecular weight excluding hydrogens is 234 g/mol. The second kappa shape index (κ2) is 5.93. The summed E-state index contributed by atoms with van der Waals surface area (Å²) in [5, 5.41) is 3.32. The molecular formula is C16H27N3. The van der Waals surface area contributed by atoms with Crippen LogP contribution in [0.3, 0.4) is 0 Å². The van der Waals surface area contributed by atoms with Crippen molar-refractivity contribution in [2.75, 3.05) is 38.6 Å². The maximum absolute atomic E-state index is 3.32. The van der Waals surface area contributed by atoms with Gasteiger partial charge >= 0.3 is 0 Å². The van der Waals surface area contributed by atoms with Crippen LogP contribution in [0.15, 0.2) is 18.2 Å². The highest BCUT2D eigenvalue weighted by Gasteiger charge is 2.30. The molecule has 0 aliphatic carbocycles. The Bertz CT molecular complexity index is 410. The minimum absolute atomic E-state index is 0.568. The Morgan fingerprint density at radius 1 is 1.21 bits per heavy atom. The van der Waals surface area contributed by atoms with Crippen molar-refractivity contribution in [1.29, 1.82) is 0 Å². The van der Waals surface area contributed by atoms with E-state index in [1.54, 1.807) is 0 Å². The Kier molecular flexibility index (Phi) is 4.48. The summed E-state index contributed by atoms with van der Waals surface area (Å²) in [7, 11) is 4.27. The lowest BCUT2D eigenvalue weighted by molar-refractivity contribution is 0.190. The van der Waals surface area contributed by atoms with Crippen molar-refractivity contribution < 1.29 is 0 Å². The molecule has 2 unspecified atom stereocenters. The average Bonchev–Trinajstić information content (AvgIpc) is 2.34. The zero-order chi connectivity index (χ0) is 14.0. The molecule has 2 rings (SSSR count). The molecule has 1 aromatic rings. The van der Waals surface area contributed by atoms with Gasteiger partial charge in [-0.05, 0) is 46.0 Å². The number of nitrogens with zero attached hydrogens (tertiary/aromatic N) is 2. The number of aryl methyl sites for hydroxylation is 2. The normalized spacial score (nSPS) is 24.8. The smallest absolute Gasteiger partial charge is 0.0429 e. The monoisotopic (exact) mass is 261 g/mol. The Morgan fingerprint density at radius 2 is 1.84 bits per heavy atom. The molecule has 1 N–H and O–H groups in total. The summed E-state index contributed by atoms with van der Waals surface area (Å²) in [4.78, 5) is 5.07. The fourth-order valence-corrected chi connectivity index (χ4v) is 3.24. The first kappa shape index (κ1) is 14.4. The predicted molar refractivity (Wildman–Crippen MR) is 83.1 cm³/mol. The average molecular weight is 261 g/mol. The van der Waals surface area contributed by atoms with E-state index in [0.717, 1.165) is 19.6 Å². The molecule has 2 atom stereocenters. The van der Waals surface area contributed by atoms with Gasteiger partial charge in [0.1, 0.15) is 0 Å². The van der Waals surface area contributed by atoms with E-state index in [1.807, 2.05) is 7.05 Å². The van der Waals surface area contributed by atoms with Gasteiger partial charge in [0.2, 0.25) is 0 Å². The minimum atomic E-state index is 0.568. The van der Waals surface area contributed by atoms with Gasteiger partial charge in [-0.2, -0.15) is 0 Å². The van der Waals surface area contributed by atoms with E-state index < -0.39 is 0 Å². The molecule has 0 saturated carbocycles. The first-order valence-corrected chi connectivity index (χ1v) is 7.22. The minimum Gasteiger partial charge on any atom is -0.365 e. The lowest BCUT2D eigenvalue weighted by Crippen LogP contribution is -2.59. The summed E-state index contributed by atoms with van der Waals surface area (Å²) >= 11 is 0. The number of likely N-dealkylation sites (N-methyl/N-ethyl adjacent to an activating group) is 2. The molecule has 1 heterocycles. The van der Waals surface area contributed by atoms with E-state index in [4.69, 9.17) is 0 Å². The van der Waals surface area contributed by atoms with E-state index in [-0.39, 0.29) is 0 Å². The molecule has 1 fully saturated rings. The molecule has 1 saturated heterocycles. The second-order valence-electron chi connectivity index (χ2n) is 5.89. The molecule has 0 spiro atoms. The summed E-state index contributed by atoms with van der Waals surface area (Å²) in [6.07, 6.45) is 0. The van der Waals surface area contributed by atoms with Crippen LogP contribution in [0, 0.1) is 13.8 Å². The van der Waals surface area contributed by atoms with Gasteiger partial charge in [0, 0.05) is 37.4 Å². The van der Waals surface area contributed by atoms with Gasteiger partial charge in [0.05, 0.1) is 0 Å². The molecule has 3 heteroatoms. The number of piperazine rings is 1. The van der Waals surface area contributed by atoms with Crippen molar-refractivity contribution in [2.24, 2.45) is 0 Å². The second-order valence-corrected chi connectivity index (χ2v) is 5.89. The van der Waals surface area contributed by atoms with E-state index in [0.29, 0.717) is 12.1 Å². The van der Waals surface area contributed by atoms with Gasteiger partial charge in [-0.15, -0.1) is 0 Å². The quantitative estimate of drug-likeness (QED) is 0.898. The zero-order valence-electron chi connectivity index (χ0n) is 12.9. The number of hydrogen-bond acceptors (Lipinski definition) is 3. The summed E-state index contributed by atoms with van der Waals surface area (Å²) < 4.78 is 0. The van der Waals surface area contributed by atoms with Crippen molar-refractivity contribution in [3.8, 4) is 0 Å². The van der Waals surface area contributed by atoms with Crippen molar-refractivity contribution in [3.63, 3.8) is 0 Å². The molecule has 1 aliphatic heterocycles. The molecule has 3 nitrogen and oxygen atoms in total. The maximum Gasteiger partial charge on any atom is 0.0429 e.